The van der Waals surface area contributed by atoms with E-state index in [0.717, 1.165) is 16.2 Å². The molecule has 1 aliphatic rings. The summed E-state index contributed by atoms with van der Waals surface area (Å²) in [6, 6.07) is 19.2. The molecular weight excluding hydrogens is 374 g/mol. The van der Waals surface area contributed by atoms with Crippen molar-refractivity contribution >= 4 is 17.2 Å². The number of amides is 1. The molecule has 0 aliphatic carbocycles. The molecule has 1 amide bonds. The van der Waals surface area contributed by atoms with Gasteiger partial charge in [-0.05, 0) is 29.6 Å². The Hall–Kier alpha value is -2.99. The van der Waals surface area contributed by atoms with Crippen LogP contribution < -0.4 is 14.2 Å². The molecule has 0 saturated carbocycles. The van der Waals surface area contributed by atoms with Crippen LogP contribution in [0.1, 0.15) is 10.4 Å². The second-order valence-electron chi connectivity index (χ2n) is 6.45. The van der Waals surface area contributed by atoms with Crippen LogP contribution in [0.4, 0.5) is 0 Å². The van der Waals surface area contributed by atoms with Crippen LogP contribution in [0.5, 0.6) is 17.2 Å². The fourth-order valence-corrected chi connectivity index (χ4v) is 3.91. The highest BCUT2D eigenvalue weighted by molar-refractivity contribution is 7.09. The molecule has 0 spiro atoms. The molecule has 4 rings (SSSR count). The number of carbonyl (C=O) groups is 1. The normalized spacial score (nSPS) is 15.1. The molecule has 28 heavy (non-hydrogen) atoms. The highest BCUT2D eigenvalue weighted by Crippen LogP contribution is 2.32. The zero-order valence-electron chi connectivity index (χ0n) is 15.5. The van der Waals surface area contributed by atoms with Gasteiger partial charge >= 0.3 is 0 Å². The van der Waals surface area contributed by atoms with Gasteiger partial charge in [-0.3, -0.25) is 4.79 Å². The second kappa shape index (κ2) is 8.35. The summed E-state index contributed by atoms with van der Waals surface area (Å²) in [5.41, 5.74) is 0.951. The van der Waals surface area contributed by atoms with E-state index >= 15 is 0 Å². The summed E-state index contributed by atoms with van der Waals surface area (Å²) >= 11 is 1.63. The lowest BCUT2D eigenvalue weighted by atomic mass is 10.1. The Bertz CT molecular complexity index is 941. The third-order valence-electron chi connectivity index (χ3n) is 4.58. The van der Waals surface area contributed by atoms with Gasteiger partial charge in [0.25, 0.3) is 5.91 Å². The van der Waals surface area contributed by atoms with Gasteiger partial charge in [-0.25, -0.2) is 0 Å². The highest BCUT2D eigenvalue weighted by Gasteiger charge is 2.31. The number of nitrogens with zero attached hydrogens (tertiary/aromatic N) is 1. The third-order valence-corrected chi connectivity index (χ3v) is 5.44. The van der Waals surface area contributed by atoms with Gasteiger partial charge in [0.05, 0.1) is 13.7 Å². The number of hydrogen-bond acceptors (Lipinski definition) is 5. The average Bonchev–Trinajstić information content (AvgIpc) is 3.26. The van der Waals surface area contributed by atoms with Crippen molar-refractivity contribution in [2.75, 3.05) is 13.7 Å². The fourth-order valence-electron chi connectivity index (χ4n) is 3.19. The standard InChI is InChI=1S/C22H21NO4S/c1-25-18-9-3-2-7-16(18)13-23(14-17-8-6-12-28-17)22(24)21-15-26-19-10-4-5-11-20(19)27-21/h2-12,21H,13-15H2,1H3/t21-/m0/s1. The summed E-state index contributed by atoms with van der Waals surface area (Å²) in [6.45, 7) is 1.14. The molecule has 1 aromatic heterocycles. The summed E-state index contributed by atoms with van der Waals surface area (Å²) in [7, 11) is 1.64. The van der Waals surface area contributed by atoms with E-state index in [1.807, 2.05) is 66.0 Å². The number of thiophene rings is 1. The van der Waals surface area contributed by atoms with Crippen LogP contribution in [-0.2, 0) is 17.9 Å². The molecule has 1 atom stereocenters. The molecule has 0 fully saturated rings. The minimum atomic E-state index is -0.676. The molecule has 144 valence electrons. The zero-order valence-corrected chi connectivity index (χ0v) is 16.4. The van der Waals surface area contributed by atoms with Gasteiger partial charge < -0.3 is 19.1 Å². The van der Waals surface area contributed by atoms with Crippen molar-refractivity contribution < 1.29 is 19.0 Å². The smallest absolute Gasteiger partial charge is 0.267 e. The first-order chi connectivity index (χ1) is 13.7. The van der Waals surface area contributed by atoms with E-state index in [9.17, 15) is 4.79 Å². The van der Waals surface area contributed by atoms with E-state index in [-0.39, 0.29) is 12.5 Å². The van der Waals surface area contributed by atoms with E-state index in [2.05, 4.69) is 0 Å². The Morgan fingerprint density at radius 2 is 1.86 bits per heavy atom. The van der Waals surface area contributed by atoms with Crippen molar-refractivity contribution in [3.63, 3.8) is 0 Å². The first-order valence-corrected chi connectivity index (χ1v) is 9.94. The topological polar surface area (TPSA) is 48.0 Å². The van der Waals surface area contributed by atoms with Crippen molar-refractivity contribution in [3.8, 4) is 17.2 Å². The van der Waals surface area contributed by atoms with Crippen LogP contribution in [0.2, 0.25) is 0 Å². The van der Waals surface area contributed by atoms with Crippen molar-refractivity contribution in [2.45, 2.75) is 19.2 Å². The minimum absolute atomic E-state index is 0.103. The molecule has 0 bridgehead atoms. The molecule has 0 N–H and O–H groups in total. The van der Waals surface area contributed by atoms with Crippen molar-refractivity contribution in [1.29, 1.82) is 0 Å². The Morgan fingerprint density at radius 3 is 2.64 bits per heavy atom. The maximum absolute atomic E-state index is 13.3. The van der Waals surface area contributed by atoms with Crippen molar-refractivity contribution in [3.05, 3.63) is 76.5 Å². The van der Waals surface area contributed by atoms with Gasteiger partial charge in [0.1, 0.15) is 12.4 Å². The number of ether oxygens (including phenoxy) is 3. The summed E-state index contributed by atoms with van der Waals surface area (Å²) < 4.78 is 17.1. The number of rotatable bonds is 6. The number of para-hydroxylation sites is 3. The van der Waals surface area contributed by atoms with E-state index in [4.69, 9.17) is 14.2 Å². The molecule has 6 heteroatoms. The maximum atomic E-state index is 13.3. The first-order valence-electron chi connectivity index (χ1n) is 9.06. The quantitative estimate of drug-likeness (QED) is 0.630. The highest BCUT2D eigenvalue weighted by atomic mass is 32.1. The number of benzene rings is 2. The summed E-state index contributed by atoms with van der Waals surface area (Å²) in [6.07, 6.45) is -0.676. The summed E-state index contributed by atoms with van der Waals surface area (Å²) in [5, 5.41) is 2.01. The lowest BCUT2D eigenvalue weighted by Crippen LogP contribution is -2.45. The number of fused-ring (bicyclic) bond motifs is 1. The van der Waals surface area contributed by atoms with Gasteiger partial charge in [0, 0.05) is 17.0 Å². The third kappa shape index (κ3) is 3.97. The summed E-state index contributed by atoms with van der Waals surface area (Å²) in [4.78, 5) is 16.2. The van der Waals surface area contributed by atoms with E-state index in [0.29, 0.717) is 24.6 Å². The van der Waals surface area contributed by atoms with Gasteiger partial charge in [-0.2, -0.15) is 0 Å². The Labute approximate surface area is 168 Å². The van der Waals surface area contributed by atoms with Gasteiger partial charge in [-0.15, -0.1) is 11.3 Å². The van der Waals surface area contributed by atoms with Gasteiger partial charge in [0.15, 0.2) is 11.5 Å². The predicted molar refractivity (Wildman–Crippen MR) is 108 cm³/mol. The largest absolute Gasteiger partial charge is 0.496 e. The lowest BCUT2D eigenvalue weighted by Gasteiger charge is -2.31. The molecule has 2 aromatic carbocycles. The Balaban J connectivity index is 1.57. The molecule has 1 aliphatic heterocycles. The monoisotopic (exact) mass is 395 g/mol. The average molecular weight is 395 g/mol. The number of hydrogen-bond donors (Lipinski definition) is 0. The van der Waals surface area contributed by atoms with Crippen LogP contribution in [0, 0.1) is 0 Å². The van der Waals surface area contributed by atoms with E-state index in [1.165, 1.54) is 0 Å². The van der Waals surface area contributed by atoms with Crippen LogP contribution in [0.25, 0.3) is 0 Å². The van der Waals surface area contributed by atoms with E-state index in [1.54, 1.807) is 23.3 Å². The molecular formula is C22H21NO4S. The molecule has 0 saturated heterocycles. The SMILES string of the molecule is COc1ccccc1CN(Cc1cccs1)C(=O)[C@@H]1COc2ccccc2O1. The fraction of sp³-hybridized carbons (Fsp3) is 0.227. The lowest BCUT2D eigenvalue weighted by molar-refractivity contribution is -0.142. The molecule has 0 unspecified atom stereocenters. The van der Waals surface area contributed by atoms with Crippen LogP contribution in [0.15, 0.2) is 66.0 Å². The molecule has 3 aromatic rings. The molecule has 2 heterocycles. The number of carbonyl (C=O) groups excluding carboxylic acids is 1. The van der Waals surface area contributed by atoms with Gasteiger partial charge in [0.2, 0.25) is 6.10 Å². The second-order valence-corrected chi connectivity index (χ2v) is 7.48. The number of methoxy groups -OCH3 is 1. The minimum Gasteiger partial charge on any atom is -0.496 e. The molecule has 0 radical (unpaired) electrons. The van der Waals surface area contributed by atoms with Crippen LogP contribution >= 0.6 is 11.3 Å². The van der Waals surface area contributed by atoms with Crippen LogP contribution in [0.3, 0.4) is 0 Å². The van der Waals surface area contributed by atoms with E-state index < -0.39 is 6.10 Å². The zero-order chi connectivity index (χ0) is 19.3. The Kier molecular flexibility index (Phi) is 5.48. The first kappa shape index (κ1) is 18.4. The van der Waals surface area contributed by atoms with Gasteiger partial charge in [-0.1, -0.05) is 36.4 Å². The van der Waals surface area contributed by atoms with Crippen molar-refractivity contribution in [1.82, 2.24) is 4.90 Å². The molecule has 5 nitrogen and oxygen atoms in total. The van der Waals surface area contributed by atoms with Crippen LogP contribution in [-0.4, -0.2) is 30.6 Å². The van der Waals surface area contributed by atoms with Crippen molar-refractivity contribution in [2.24, 2.45) is 0 Å². The maximum Gasteiger partial charge on any atom is 0.267 e. The summed E-state index contributed by atoms with van der Waals surface area (Å²) in [5.74, 6) is 1.92. The Morgan fingerprint density at radius 1 is 1.07 bits per heavy atom. The predicted octanol–water partition coefficient (Wildman–Crippen LogP) is 4.13.